The molecule has 4 N–H and O–H groups in total. The lowest BCUT2D eigenvalue weighted by Crippen LogP contribution is -2.56. The highest BCUT2D eigenvalue weighted by atomic mass is 19.1. The second-order valence-corrected chi connectivity index (χ2v) is 10.9. The van der Waals surface area contributed by atoms with Gasteiger partial charge in [-0.3, -0.25) is 19.2 Å². The average Bonchev–Trinajstić information content (AvgIpc) is 2.96. The van der Waals surface area contributed by atoms with Crippen LogP contribution in [0.15, 0.2) is 60.7 Å². The summed E-state index contributed by atoms with van der Waals surface area (Å²) in [5.74, 6) is -2.74. The number of hydrogen-bond acceptors (Lipinski definition) is 5. The van der Waals surface area contributed by atoms with Crippen LogP contribution in [0, 0.1) is 17.7 Å². The summed E-state index contributed by atoms with van der Waals surface area (Å²) in [6.45, 7) is 4.36. The van der Waals surface area contributed by atoms with Gasteiger partial charge in [-0.15, -0.1) is 0 Å². The summed E-state index contributed by atoms with van der Waals surface area (Å²) in [6.07, 6.45) is 5.33. The number of hydrogen-bond donors (Lipinski definition) is 4. The molecule has 3 rings (SSSR count). The van der Waals surface area contributed by atoms with Gasteiger partial charge >= 0.3 is 0 Å². The van der Waals surface area contributed by atoms with E-state index in [1.807, 2.05) is 44.2 Å². The lowest BCUT2D eigenvalue weighted by Gasteiger charge is -2.27. The Hall–Kier alpha value is -4.34. The summed E-state index contributed by atoms with van der Waals surface area (Å²) in [5.41, 5.74) is 1.28. The molecule has 0 saturated carbocycles. The monoisotopic (exact) mass is 578 g/mol. The minimum absolute atomic E-state index is 0.00456. The summed E-state index contributed by atoms with van der Waals surface area (Å²) in [4.78, 5) is 63.5. The van der Waals surface area contributed by atoms with Gasteiger partial charge < -0.3 is 26.1 Å². The molecule has 1 heterocycles. The molecule has 9 nitrogen and oxygen atoms in total. The van der Waals surface area contributed by atoms with Crippen LogP contribution in [0.2, 0.25) is 0 Å². The van der Waals surface area contributed by atoms with Gasteiger partial charge in [0.25, 0.3) is 0 Å². The lowest BCUT2D eigenvalue weighted by molar-refractivity contribution is -0.133. The van der Waals surface area contributed by atoms with Crippen molar-refractivity contribution in [2.45, 2.75) is 64.1 Å². The highest BCUT2D eigenvalue weighted by molar-refractivity contribution is 5.97. The van der Waals surface area contributed by atoms with E-state index >= 15 is 0 Å². The van der Waals surface area contributed by atoms with Crippen LogP contribution < -0.4 is 21.3 Å². The van der Waals surface area contributed by atoms with Crippen LogP contribution in [0.1, 0.15) is 50.7 Å². The van der Waals surface area contributed by atoms with Crippen molar-refractivity contribution >= 4 is 36.0 Å². The number of halogens is 1. The minimum atomic E-state index is -1.12. The Kier molecular flexibility index (Phi) is 12.4. The third-order valence-electron chi connectivity index (χ3n) is 6.96. The van der Waals surface area contributed by atoms with E-state index in [1.54, 1.807) is 12.1 Å². The second kappa shape index (κ2) is 16.2. The van der Waals surface area contributed by atoms with Gasteiger partial charge in [0.2, 0.25) is 23.6 Å². The molecule has 1 aliphatic rings. The topological polar surface area (TPSA) is 133 Å². The van der Waals surface area contributed by atoms with Gasteiger partial charge in [-0.1, -0.05) is 56.3 Å². The van der Waals surface area contributed by atoms with E-state index in [0.29, 0.717) is 24.8 Å². The maximum atomic E-state index is 13.9. The van der Waals surface area contributed by atoms with E-state index in [4.69, 9.17) is 0 Å². The Morgan fingerprint density at radius 3 is 2.40 bits per heavy atom. The zero-order valence-electron chi connectivity index (χ0n) is 24.0. The van der Waals surface area contributed by atoms with Crippen molar-refractivity contribution in [3.8, 4) is 0 Å². The van der Waals surface area contributed by atoms with Crippen molar-refractivity contribution in [1.29, 1.82) is 0 Å². The van der Waals surface area contributed by atoms with E-state index in [1.165, 1.54) is 24.3 Å². The highest BCUT2D eigenvalue weighted by Crippen LogP contribution is 2.17. The predicted molar refractivity (Wildman–Crippen MR) is 157 cm³/mol. The molecular formula is C32H39FN4O5. The number of piperidine rings is 1. The Bertz CT molecular complexity index is 1270. The largest absolute Gasteiger partial charge is 0.356 e. The smallest absolute Gasteiger partial charge is 0.244 e. The van der Waals surface area contributed by atoms with E-state index in [-0.39, 0.29) is 37.0 Å². The summed E-state index contributed by atoms with van der Waals surface area (Å²) in [5, 5.41) is 10.8. The quantitative estimate of drug-likeness (QED) is 0.202. The molecule has 0 radical (unpaired) electrons. The molecule has 224 valence electrons. The fourth-order valence-electron chi connectivity index (χ4n) is 4.84. The summed E-state index contributed by atoms with van der Waals surface area (Å²) in [6, 6.07) is 11.8. The Balaban J connectivity index is 1.74. The molecule has 0 spiro atoms. The molecule has 10 heteroatoms. The molecule has 0 aromatic heterocycles. The maximum absolute atomic E-state index is 13.9. The van der Waals surface area contributed by atoms with Crippen LogP contribution in [-0.2, 0) is 30.4 Å². The predicted octanol–water partition coefficient (Wildman–Crippen LogP) is 2.70. The number of carbonyl (C=O) groups is 5. The molecular weight excluding hydrogens is 539 g/mol. The first kappa shape index (κ1) is 32.2. The van der Waals surface area contributed by atoms with Gasteiger partial charge in [-0.2, -0.15) is 0 Å². The van der Waals surface area contributed by atoms with E-state index < -0.39 is 41.7 Å². The van der Waals surface area contributed by atoms with Gasteiger partial charge in [0, 0.05) is 25.0 Å². The standard InChI is InChI=1S/C32H39FN4O5/c1-21(2)16-27(31(41)35-26(20-38)19-24-11-7-15-34-30(24)40)37-32(42)28(18-23-10-6-12-25(33)17-23)36-29(39)14-13-22-8-4-3-5-9-22/h3-6,8-10,12-14,17,20-21,24,26-28H,7,11,15-16,18-19H2,1-2H3,(H,34,40)(H,35,41)(H,36,39)(H,37,42)/t24-,26-,27-,28-/m0/s1. The second-order valence-electron chi connectivity index (χ2n) is 10.9. The maximum Gasteiger partial charge on any atom is 0.244 e. The fraction of sp³-hybridized carbons (Fsp3) is 0.406. The molecule has 0 aliphatic carbocycles. The molecule has 4 amide bonds. The van der Waals surface area contributed by atoms with Crippen LogP contribution >= 0.6 is 0 Å². The van der Waals surface area contributed by atoms with Crippen LogP contribution in [0.25, 0.3) is 6.08 Å². The van der Waals surface area contributed by atoms with Crippen LogP contribution in [0.4, 0.5) is 4.39 Å². The number of amides is 4. The summed E-state index contributed by atoms with van der Waals surface area (Å²) >= 11 is 0. The van der Waals surface area contributed by atoms with Crippen molar-refractivity contribution in [2.24, 2.45) is 11.8 Å². The number of rotatable bonds is 14. The lowest BCUT2D eigenvalue weighted by atomic mass is 9.91. The normalized spacial score (nSPS) is 17.1. The molecule has 1 aliphatic heterocycles. The van der Waals surface area contributed by atoms with Crippen molar-refractivity contribution in [2.75, 3.05) is 6.54 Å². The molecule has 42 heavy (non-hydrogen) atoms. The highest BCUT2D eigenvalue weighted by Gasteiger charge is 2.31. The summed E-state index contributed by atoms with van der Waals surface area (Å²) < 4.78 is 13.9. The van der Waals surface area contributed by atoms with Gasteiger partial charge in [-0.25, -0.2) is 4.39 Å². The zero-order valence-corrected chi connectivity index (χ0v) is 24.0. The van der Waals surface area contributed by atoms with Crippen LogP contribution in [0.3, 0.4) is 0 Å². The van der Waals surface area contributed by atoms with Crippen molar-refractivity contribution in [1.82, 2.24) is 21.3 Å². The van der Waals surface area contributed by atoms with Gasteiger partial charge in [0.15, 0.2) is 0 Å². The van der Waals surface area contributed by atoms with Crippen LogP contribution in [0.5, 0.6) is 0 Å². The van der Waals surface area contributed by atoms with Crippen molar-refractivity contribution in [3.63, 3.8) is 0 Å². The Labute approximate surface area is 245 Å². The molecule has 0 bridgehead atoms. The average molecular weight is 579 g/mol. The first-order valence-corrected chi connectivity index (χ1v) is 14.3. The molecule has 4 atom stereocenters. The molecule has 1 saturated heterocycles. The van der Waals surface area contributed by atoms with Crippen LogP contribution in [-0.4, -0.2) is 54.6 Å². The number of carbonyl (C=O) groups excluding carboxylic acids is 5. The van der Waals surface area contributed by atoms with Crippen molar-refractivity contribution < 1.29 is 28.4 Å². The first-order chi connectivity index (χ1) is 20.1. The molecule has 1 fully saturated rings. The third kappa shape index (κ3) is 10.6. The fourth-order valence-corrected chi connectivity index (χ4v) is 4.84. The number of nitrogens with one attached hydrogen (secondary N) is 4. The third-order valence-corrected chi connectivity index (χ3v) is 6.96. The SMILES string of the molecule is CC(C)C[C@H](NC(=O)[C@H](Cc1cccc(F)c1)NC(=O)C=Cc1ccccc1)C(=O)N[C@H](C=O)C[C@@H]1CCCNC1=O. The van der Waals surface area contributed by atoms with E-state index in [0.717, 1.165) is 12.0 Å². The Morgan fingerprint density at radius 1 is 1.00 bits per heavy atom. The Morgan fingerprint density at radius 2 is 1.74 bits per heavy atom. The zero-order chi connectivity index (χ0) is 30.5. The molecule has 2 aromatic rings. The minimum Gasteiger partial charge on any atom is -0.356 e. The molecule has 0 unspecified atom stereocenters. The van der Waals surface area contributed by atoms with Crippen molar-refractivity contribution in [3.05, 3.63) is 77.6 Å². The summed E-state index contributed by atoms with van der Waals surface area (Å²) in [7, 11) is 0. The van der Waals surface area contributed by atoms with E-state index in [9.17, 15) is 28.4 Å². The van der Waals surface area contributed by atoms with Gasteiger partial charge in [0.05, 0.1) is 6.04 Å². The van der Waals surface area contributed by atoms with E-state index in [2.05, 4.69) is 21.3 Å². The number of aldehydes is 1. The first-order valence-electron chi connectivity index (χ1n) is 14.3. The van der Waals surface area contributed by atoms with Gasteiger partial charge in [-0.05, 0) is 60.9 Å². The number of benzene rings is 2. The van der Waals surface area contributed by atoms with Gasteiger partial charge in [0.1, 0.15) is 24.2 Å². The molecule has 2 aromatic carbocycles.